The maximum Gasteiger partial charge on any atom is 0.412 e. The number of nitrogens with one attached hydrogen (secondary N) is 1. The minimum atomic E-state index is -0.437. The molecule has 1 fully saturated rings. The lowest BCUT2D eigenvalue weighted by Crippen LogP contribution is -2.38. The zero-order chi connectivity index (χ0) is 21.9. The van der Waals surface area contributed by atoms with E-state index in [0.717, 1.165) is 6.42 Å². The van der Waals surface area contributed by atoms with E-state index in [2.05, 4.69) is 78.1 Å². The summed E-state index contributed by atoms with van der Waals surface area (Å²) in [5.74, 6) is 0.534. The van der Waals surface area contributed by atoms with E-state index in [9.17, 15) is 4.79 Å². The minimum absolute atomic E-state index is 0.225. The van der Waals surface area contributed by atoms with Gasteiger partial charge < -0.3 is 10.1 Å². The van der Waals surface area contributed by atoms with Gasteiger partial charge in [-0.1, -0.05) is 109 Å². The van der Waals surface area contributed by atoms with E-state index in [-0.39, 0.29) is 10.8 Å². The second-order valence-electron chi connectivity index (χ2n) is 8.32. The Balaban J connectivity index is 1.52. The molecule has 0 heterocycles. The summed E-state index contributed by atoms with van der Waals surface area (Å²) in [5.41, 5.74) is 3.23. The first-order valence-corrected chi connectivity index (χ1v) is 10.9. The first-order valence-electron chi connectivity index (χ1n) is 10.9. The molecule has 1 N–H and O–H groups in total. The molecule has 0 radical (unpaired) electrons. The summed E-state index contributed by atoms with van der Waals surface area (Å²) in [5, 5.41) is 3.07. The van der Waals surface area contributed by atoms with Gasteiger partial charge in [0.1, 0.15) is 5.75 Å². The van der Waals surface area contributed by atoms with Crippen LogP contribution in [0.1, 0.15) is 23.1 Å². The highest BCUT2D eigenvalue weighted by Crippen LogP contribution is 2.68. The van der Waals surface area contributed by atoms with Crippen LogP contribution in [0.3, 0.4) is 0 Å². The molecular formula is C29H25NO2. The van der Waals surface area contributed by atoms with Crippen molar-refractivity contribution in [2.45, 2.75) is 17.3 Å². The summed E-state index contributed by atoms with van der Waals surface area (Å²) in [6, 6.07) is 40.9. The van der Waals surface area contributed by atoms with Crippen molar-refractivity contribution in [3.05, 3.63) is 138 Å². The first-order chi connectivity index (χ1) is 15.7. The Kier molecular flexibility index (Phi) is 5.24. The number of para-hydroxylation sites is 1. The number of benzene rings is 4. The van der Waals surface area contributed by atoms with Crippen LogP contribution < -0.4 is 10.1 Å². The highest BCUT2D eigenvalue weighted by atomic mass is 16.6. The van der Waals surface area contributed by atoms with E-state index >= 15 is 0 Å². The van der Waals surface area contributed by atoms with Crippen LogP contribution in [0.4, 0.5) is 4.79 Å². The third-order valence-corrected chi connectivity index (χ3v) is 6.61. The van der Waals surface area contributed by atoms with Crippen molar-refractivity contribution in [3.8, 4) is 5.75 Å². The van der Waals surface area contributed by atoms with Crippen LogP contribution in [0.2, 0.25) is 0 Å². The topological polar surface area (TPSA) is 38.3 Å². The molecule has 4 aromatic rings. The van der Waals surface area contributed by atoms with Gasteiger partial charge in [0.05, 0.1) is 0 Å². The standard InChI is InChI=1S/C29H25NO2/c31-27(32-26-19-11-4-12-20-26)30-22-28(23-13-5-1-6-14-23)21-29(28,24-15-7-2-8-16-24)25-17-9-3-10-18-25/h1-20H,21-22H2,(H,30,31). The summed E-state index contributed by atoms with van der Waals surface area (Å²) in [6.07, 6.45) is 0.470. The fourth-order valence-corrected chi connectivity index (χ4v) is 5.05. The van der Waals surface area contributed by atoms with Crippen LogP contribution in [0.15, 0.2) is 121 Å². The molecule has 0 aliphatic heterocycles. The number of hydrogen-bond acceptors (Lipinski definition) is 2. The third-order valence-electron chi connectivity index (χ3n) is 6.61. The van der Waals surface area contributed by atoms with Gasteiger partial charge in [-0.15, -0.1) is 0 Å². The van der Waals surface area contributed by atoms with Gasteiger partial charge in [0.2, 0.25) is 0 Å². The number of ether oxygens (including phenoxy) is 1. The monoisotopic (exact) mass is 419 g/mol. The molecule has 0 spiro atoms. The van der Waals surface area contributed by atoms with Crippen molar-refractivity contribution in [2.24, 2.45) is 0 Å². The molecular weight excluding hydrogens is 394 g/mol. The smallest absolute Gasteiger partial charge is 0.410 e. The molecule has 0 saturated heterocycles. The van der Waals surface area contributed by atoms with Crippen molar-refractivity contribution in [1.29, 1.82) is 0 Å². The predicted molar refractivity (Wildman–Crippen MR) is 127 cm³/mol. The SMILES string of the molecule is O=C(NCC1(c2ccccc2)CC1(c1ccccc1)c1ccccc1)Oc1ccccc1. The Labute approximate surface area is 188 Å². The molecule has 3 heteroatoms. The molecule has 158 valence electrons. The van der Waals surface area contributed by atoms with Crippen molar-refractivity contribution in [3.63, 3.8) is 0 Å². The normalized spacial score (nSPS) is 18.5. The quantitative estimate of drug-likeness (QED) is 0.410. The molecule has 0 aromatic heterocycles. The molecule has 5 rings (SSSR count). The van der Waals surface area contributed by atoms with Crippen molar-refractivity contribution in [1.82, 2.24) is 5.32 Å². The van der Waals surface area contributed by atoms with Gasteiger partial charge in [-0.05, 0) is 35.2 Å². The second-order valence-corrected chi connectivity index (χ2v) is 8.32. The lowest BCUT2D eigenvalue weighted by Gasteiger charge is -2.28. The minimum Gasteiger partial charge on any atom is -0.410 e. The number of hydrogen-bond donors (Lipinski definition) is 1. The molecule has 1 saturated carbocycles. The number of carbonyl (C=O) groups is 1. The molecule has 1 unspecified atom stereocenters. The highest BCUT2D eigenvalue weighted by molar-refractivity contribution is 5.71. The van der Waals surface area contributed by atoms with Crippen molar-refractivity contribution < 1.29 is 9.53 Å². The van der Waals surface area contributed by atoms with Gasteiger partial charge in [-0.3, -0.25) is 0 Å². The van der Waals surface area contributed by atoms with Crippen molar-refractivity contribution >= 4 is 6.09 Å². The molecule has 32 heavy (non-hydrogen) atoms. The average Bonchev–Trinajstić information content (AvgIpc) is 3.57. The summed E-state index contributed by atoms with van der Waals surface area (Å²) in [7, 11) is 0. The molecule has 4 aromatic carbocycles. The zero-order valence-electron chi connectivity index (χ0n) is 17.8. The highest BCUT2D eigenvalue weighted by Gasteiger charge is 2.69. The van der Waals surface area contributed by atoms with Crippen LogP contribution in [0, 0.1) is 0 Å². The summed E-state index contributed by atoms with van der Waals surface area (Å²) >= 11 is 0. The Morgan fingerprint density at radius 1 is 0.656 bits per heavy atom. The van der Waals surface area contributed by atoms with Crippen LogP contribution in [0.25, 0.3) is 0 Å². The summed E-state index contributed by atoms with van der Waals surface area (Å²) in [6.45, 7) is 0.479. The maximum atomic E-state index is 12.7. The van der Waals surface area contributed by atoms with Crippen LogP contribution >= 0.6 is 0 Å². The Hall–Kier alpha value is -3.85. The van der Waals surface area contributed by atoms with E-state index in [1.54, 1.807) is 12.1 Å². The zero-order valence-corrected chi connectivity index (χ0v) is 17.8. The van der Waals surface area contributed by atoms with Gasteiger partial charge in [0.25, 0.3) is 0 Å². The van der Waals surface area contributed by atoms with Gasteiger partial charge in [-0.2, -0.15) is 0 Å². The summed E-state index contributed by atoms with van der Waals surface area (Å²) in [4.78, 5) is 12.7. The van der Waals surface area contributed by atoms with E-state index < -0.39 is 6.09 Å². The third kappa shape index (κ3) is 3.46. The van der Waals surface area contributed by atoms with E-state index in [1.807, 2.05) is 36.4 Å². The molecule has 1 atom stereocenters. The van der Waals surface area contributed by atoms with Crippen LogP contribution in [0.5, 0.6) is 5.75 Å². The predicted octanol–water partition coefficient (Wildman–Crippen LogP) is 6.10. The van der Waals surface area contributed by atoms with E-state index in [1.165, 1.54) is 16.7 Å². The van der Waals surface area contributed by atoms with E-state index in [0.29, 0.717) is 12.3 Å². The lowest BCUT2D eigenvalue weighted by atomic mass is 9.77. The Morgan fingerprint density at radius 2 is 1.09 bits per heavy atom. The van der Waals surface area contributed by atoms with Crippen molar-refractivity contribution in [2.75, 3.05) is 6.54 Å². The van der Waals surface area contributed by atoms with E-state index in [4.69, 9.17) is 4.74 Å². The van der Waals surface area contributed by atoms with Gasteiger partial charge in [0.15, 0.2) is 0 Å². The Morgan fingerprint density at radius 3 is 1.59 bits per heavy atom. The maximum absolute atomic E-state index is 12.7. The number of rotatable bonds is 6. The largest absolute Gasteiger partial charge is 0.412 e. The second kappa shape index (κ2) is 8.35. The van der Waals surface area contributed by atoms with Crippen LogP contribution in [-0.2, 0) is 10.8 Å². The number of carbonyl (C=O) groups excluding carboxylic acids is 1. The fraction of sp³-hybridized carbons (Fsp3) is 0.138. The molecule has 1 aliphatic carbocycles. The number of amides is 1. The molecule has 1 amide bonds. The summed E-state index contributed by atoms with van der Waals surface area (Å²) < 4.78 is 5.50. The Bertz CT molecular complexity index is 1140. The lowest BCUT2D eigenvalue weighted by molar-refractivity contribution is 0.199. The molecule has 1 aliphatic rings. The van der Waals surface area contributed by atoms with Crippen LogP contribution in [-0.4, -0.2) is 12.6 Å². The van der Waals surface area contributed by atoms with Gasteiger partial charge >= 0.3 is 6.09 Å². The van der Waals surface area contributed by atoms with Gasteiger partial charge in [-0.25, -0.2) is 4.79 Å². The first kappa shape index (κ1) is 20.1. The average molecular weight is 420 g/mol. The molecule has 3 nitrogen and oxygen atoms in total. The fourth-order valence-electron chi connectivity index (χ4n) is 5.05. The molecule has 0 bridgehead atoms. The van der Waals surface area contributed by atoms with Gasteiger partial charge in [0, 0.05) is 17.4 Å².